The van der Waals surface area contributed by atoms with Crippen LogP contribution in [0.4, 0.5) is 8.96 Å². The van der Waals surface area contributed by atoms with Crippen molar-refractivity contribution in [1.29, 1.82) is 0 Å². The van der Waals surface area contributed by atoms with E-state index >= 15 is 0 Å². The van der Waals surface area contributed by atoms with E-state index in [0.29, 0.717) is 8.61 Å². The molecule has 0 saturated carbocycles. The fraction of sp³-hybridized carbons (Fsp3) is 0.400. The Morgan fingerprint density at radius 3 is 1.48 bits per heavy atom. The lowest BCUT2D eigenvalue weighted by Gasteiger charge is -2.54. The third kappa shape index (κ3) is 4.30. The molecule has 2 heterocycles. The average Bonchev–Trinajstić information content (AvgIpc) is 2.73. The smallest absolute Gasteiger partial charge is 0.243 e. The van der Waals surface area contributed by atoms with E-state index in [1.807, 2.05) is 0 Å². The van der Waals surface area contributed by atoms with Crippen molar-refractivity contribution in [3.8, 4) is 0 Å². The Bertz CT molecular complexity index is 1160. The van der Waals surface area contributed by atoms with Gasteiger partial charge in [-0.2, -0.15) is 8.61 Å². The molecule has 0 unspecified atom stereocenters. The summed E-state index contributed by atoms with van der Waals surface area (Å²) in [7, 11) is -8.55. The number of aryl methyl sites for hydroxylation is 2. The number of halogens is 2. The van der Waals surface area contributed by atoms with Crippen LogP contribution in [0.15, 0.2) is 58.3 Å². The minimum Gasteiger partial charge on any atom is -0.363 e. The number of aliphatic hydroxyl groups is 1. The molecule has 0 aromatic heterocycles. The normalized spacial score (nSPS) is 27.1. The Morgan fingerprint density at radius 1 is 0.788 bits per heavy atom. The summed E-state index contributed by atoms with van der Waals surface area (Å²) < 4.78 is 87.4. The molecular weight excluding hydrogens is 480 g/mol. The summed E-state index contributed by atoms with van der Waals surface area (Å²) in [6.07, 6.45) is 0. The maximum absolute atomic E-state index is 14.1. The first-order valence-electron chi connectivity index (χ1n) is 9.96. The predicted octanol–water partition coefficient (Wildman–Crippen LogP) is 1.48. The van der Waals surface area contributed by atoms with E-state index in [0.717, 1.165) is 11.1 Å². The van der Waals surface area contributed by atoms with E-state index in [4.69, 9.17) is 4.74 Å². The summed E-state index contributed by atoms with van der Waals surface area (Å²) in [5.74, 6) is -2.50. The van der Waals surface area contributed by atoms with Crippen LogP contribution >= 0.6 is 0 Å². The second-order valence-corrected chi connectivity index (χ2v) is 12.3. The molecule has 0 amide bonds. The fourth-order valence-electron chi connectivity index (χ4n) is 4.00. The summed E-state index contributed by atoms with van der Waals surface area (Å²) in [6, 6.07) is 11.6. The van der Waals surface area contributed by atoms with E-state index in [9.17, 15) is 30.9 Å². The van der Waals surface area contributed by atoms with Crippen LogP contribution in [0.25, 0.3) is 0 Å². The van der Waals surface area contributed by atoms with Crippen LogP contribution in [-0.2, 0) is 24.8 Å². The summed E-state index contributed by atoms with van der Waals surface area (Å²) >= 11 is 0. The van der Waals surface area contributed by atoms with Crippen LogP contribution in [0.3, 0.4) is 0 Å². The van der Waals surface area contributed by atoms with Crippen LogP contribution in [-0.4, -0.2) is 73.6 Å². The summed E-state index contributed by atoms with van der Waals surface area (Å²) in [5.41, 5.74) is -1.10. The topological polar surface area (TPSA) is 107 Å². The van der Waals surface area contributed by atoms with Gasteiger partial charge in [0.25, 0.3) is 0 Å². The Morgan fingerprint density at radius 2 is 1.15 bits per heavy atom. The van der Waals surface area contributed by atoms with Gasteiger partial charge in [-0.1, -0.05) is 44.4 Å². The van der Waals surface area contributed by atoms with Gasteiger partial charge in [0.2, 0.25) is 25.8 Å². The molecule has 0 spiro atoms. The predicted molar refractivity (Wildman–Crippen MR) is 113 cm³/mol. The van der Waals surface area contributed by atoms with Gasteiger partial charge >= 0.3 is 0 Å². The van der Waals surface area contributed by atoms with Crippen molar-refractivity contribution in [3.05, 3.63) is 59.7 Å². The number of fused-ring (bicyclic) bond motifs is 2. The van der Waals surface area contributed by atoms with Crippen LogP contribution in [0.1, 0.15) is 11.1 Å². The highest BCUT2D eigenvalue weighted by atomic mass is 32.2. The Balaban J connectivity index is 1.71. The van der Waals surface area contributed by atoms with E-state index in [1.54, 1.807) is 38.1 Å². The fourth-order valence-corrected chi connectivity index (χ4v) is 7.04. The molecule has 0 aliphatic carbocycles. The molecule has 2 saturated heterocycles. The second-order valence-electron chi connectivity index (χ2n) is 8.40. The molecule has 2 fully saturated rings. The van der Waals surface area contributed by atoms with Crippen LogP contribution in [0, 0.1) is 13.8 Å². The van der Waals surface area contributed by atoms with E-state index in [-0.39, 0.29) is 9.79 Å². The summed E-state index contributed by atoms with van der Waals surface area (Å²) in [5, 5.41) is 9.59. The number of hydrogen-bond donors (Lipinski definition) is 1. The molecule has 2 aliphatic rings. The van der Waals surface area contributed by atoms with Gasteiger partial charge in [0.1, 0.15) is 0 Å². The molecule has 33 heavy (non-hydrogen) atoms. The van der Waals surface area contributed by atoms with Crippen molar-refractivity contribution in [1.82, 2.24) is 14.0 Å². The van der Waals surface area contributed by atoms with E-state index in [2.05, 4.69) is 0 Å². The number of rotatable bonds is 5. The zero-order valence-corrected chi connectivity index (χ0v) is 19.5. The SMILES string of the molecule is Cc1ccc(S(=O)(=O)N2CC3(O)CN(S(=O)(=O)c4ccc(C)cc4)CC(N(F)F)(C2)O3)cc1. The molecule has 2 bridgehead atoms. The molecule has 9 nitrogen and oxygen atoms in total. The van der Waals surface area contributed by atoms with Gasteiger partial charge in [0.15, 0.2) is 5.79 Å². The molecular formula is C20H23F2N3O6S2. The first-order chi connectivity index (χ1) is 15.3. The third-order valence-electron chi connectivity index (χ3n) is 5.70. The van der Waals surface area contributed by atoms with Gasteiger partial charge in [-0.05, 0) is 38.1 Å². The number of sulfonamides is 2. The lowest BCUT2D eigenvalue weighted by Crippen LogP contribution is -2.75. The minimum atomic E-state index is -4.28. The number of β-amino-alcohol motifs (C(OH)–C–C–N with tert-alkyl or cyclic N) is 1. The highest BCUT2D eigenvalue weighted by molar-refractivity contribution is 7.89. The van der Waals surface area contributed by atoms with Gasteiger partial charge < -0.3 is 9.84 Å². The quantitative estimate of drug-likeness (QED) is 0.616. The minimum absolute atomic E-state index is 0.139. The third-order valence-corrected chi connectivity index (χ3v) is 9.31. The zero-order chi connectivity index (χ0) is 24.2. The summed E-state index contributed by atoms with van der Waals surface area (Å²) in [6.45, 7) is 0.301. The van der Waals surface area contributed by atoms with Gasteiger partial charge in [-0.15, -0.1) is 0 Å². The molecule has 0 radical (unpaired) electrons. The zero-order valence-electron chi connectivity index (χ0n) is 17.8. The Hall–Kier alpha value is -2.00. The molecule has 13 heteroatoms. The van der Waals surface area contributed by atoms with Crippen molar-refractivity contribution in [3.63, 3.8) is 0 Å². The summed E-state index contributed by atoms with van der Waals surface area (Å²) in [4.78, 5) is -0.277. The highest BCUT2D eigenvalue weighted by Gasteiger charge is 2.62. The lowest BCUT2D eigenvalue weighted by atomic mass is 10.1. The van der Waals surface area contributed by atoms with Crippen molar-refractivity contribution in [2.45, 2.75) is 35.2 Å². The average molecular weight is 504 g/mol. The highest BCUT2D eigenvalue weighted by Crippen LogP contribution is 2.40. The molecule has 180 valence electrons. The van der Waals surface area contributed by atoms with Crippen molar-refractivity contribution in [2.24, 2.45) is 0 Å². The molecule has 2 aromatic carbocycles. The van der Waals surface area contributed by atoms with Crippen LogP contribution < -0.4 is 0 Å². The molecule has 0 atom stereocenters. The first-order valence-corrected chi connectivity index (χ1v) is 12.8. The Kier molecular flexibility index (Phi) is 5.88. The van der Waals surface area contributed by atoms with Crippen LogP contribution in [0.5, 0.6) is 0 Å². The van der Waals surface area contributed by atoms with Crippen molar-refractivity contribution < 1.29 is 35.6 Å². The first kappa shape index (κ1) is 24.1. The molecule has 4 rings (SSSR count). The Labute approximate surface area is 190 Å². The number of nitrogens with zero attached hydrogens (tertiary/aromatic N) is 3. The maximum Gasteiger partial charge on any atom is 0.243 e. The molecule has 1 N–H and O–H groups in total. The number of morpholine rings is 2. The molecule has 2 aliphatic heterocycles. The monoisotopic (exact) mass is 503 g/mol. The van der Waals surface area contributed by atoms with Gasteiger partial charge in [0, 0.05) is 0 Å². The second kappa shape index (κ2) is 8.05. The van der Waals surface area contributed by atoms with Crippen molar-refractivity contribution >= 4 is 20.0 Å². The number of ether oxygens (including phenoxy) is 1. The van der Waals surface area contributed by atoms with Crippen LogP contribution in [0.2, 0.25) is 0 Å². The largest absolute Gasteiger partial charge is 0.363 e. The van der Waals surface area contributed by atoms with Gasteiger partial charge in [-0.3, -0.25) is 0 Å². The van der Waals surface area contributed by atoms with Crippen molar-refractivity contribution in [2.75, 3.05) is 26.2 Å². The van der Waals surface area contributed by atoms with Gasteiger partial charge in [0.05, 0.1) is 41.3 Å². The van der Waals surface area contributed by atoms with E-state index < -0.39 is 63.1 Å². The lowest BCUT2D eigenvalue weighted by molar-refractivity contribution is -0.423. The maximum atomic E-state index is 14.1. The van der Waals surface area contributed by atoms with E-state index in [1.165, 1.54) is 24.3 Å². The standard InChI is InChI=1S/C20H23F2N3O6S2/c1-15-3-7-17(8-4-15)32(27,28)23-11-19(25(21)22)12-24(14-20(26,13-23)31-19)33(29,30)18-9-5-16(2)6-10-18/h3-10,26H,11-14H2,1-2H3. The number of hydrogen-bond acceptors (Lipinski definition) is 7. The molecule has 2 aromatic rings. The van der Waals surface area contributed by atoms with Gasteiger partial charge in [-0.25, -0.2) is 16.8 Å². The number of benzene rings is 2.